The van der Waals surface area contributed by atoms with E-state index < -0.39 is 0 Å². The molecule has 0 saturated heterocycles. The molecule has 0 saturated carbocycles. The smallest absolute Gasteiger partial charge is 0.244 e. The van der Waals surface area contributed by atoms with Crippen LogP contribution in [0.15, 0.2) is 59.1 Å². The molecule has 3 nitrogen and oxygen atoms in total. The SMILES string of the molecule is COc1ccc(Br)cc1/C=C/C(=O)NCCc1ccccc1. The van der Waals surface area contributed by atoms with Gasteiger partial charge < -0.3 is 10.1 Å². The van der Waals surface area contributed by atoms with Crippen molar-refractivity contribution < 1.29 is 9.53 Å². The lowest BCUT2D eigenvalue weighted by Crippen LogP contribution is -2.23. The Bertz CT molecular complexity index is 653. The molecule has 0 radical (unpaired) electrons. The van der Waals surface area contributed by atoms with Crippen LogP contribution in [0.3, 0.4) is 0 Å². The molecular formula is C18H18BrNO2. The number of benzene rings is 2. The average molecular weight is 360 g/mol. The molecule has 0 unspecified atom stereocenters. The maximum Gasteiger partial charge on any atom is 0.244 e. The number of carbonyl (C=O) groups is 1. The van der Waals surface area contributed by atoms with E-state index in [0.29, 0.717) is 6.54 Å². The molecule has 2 aromatic rings. The lowest BCUT2D eigenvalue weighted by molar-refractivity contribution is -0.116. The maximum atomic E-state index is 11.8. The Hall–Kier alpha value is -2.07. The second-order valence-electron chi connectivity index (χ2n) is 4.75. The van der Waals surface area contributed by atoms with Crippen LogP contribution in [0, 0.1) is 0 Å². The number of halogens is 1. The van der Waals surface area contributed by atoms with Crippen LogP contribution in [0.25, 0.3) is 6.08 Å². The molecule has 4 heteroatoms. The van der Waals surface area contributed by atoms with Crippen molar-refractivity contribution >= 4 is 27.9 Å². The summed E-state index contributed by atoms with van der Waals surface area (Å²) in [6.07, 6.45) is 4.09. The molecule has 0 aliphatic heterocycles. The molecule has 1 amide bonds. The van der Waals surface area contributed by atoms with Crippen molar-refractivity contribution in [1.29, 1.82) is 0 Å². The number of amides is 1. The lowest BCUT2D eigenvalue weighted by atomic mass is 10.1. The van der Waals surface area contributed by atoms with Gasteiger partial charge in [-0.15, -0.1) is 0 Å². The third-order valence-electron chi connectivity index (χ3n) is 3.16. The summed E-state index contributed by atoms with van der Waals surface area (Å²) in [5, 5.41) is 2.88. The van der Waals surface area contributed by atoms with Crippen molar-refractivity contribution in [2.75, 3.05) is 13.7 Å². The van der Waals surface area contributed by atoms with Crippen molar-refractivity contribution in [1.82, 2.24) is 5.32 Å². The maximum absolute atomic E-state index is 11.8. The number of ether oxygens (including phenoxy) is 1. The molecule has 0 heterocycles. The summed E-state index contributed by atoms with van der Waals surface area (Å²) in [6.45, 7) is 0.614. The summed E-state index contributed by atoms with van der Waals surface area (Å²) < 4.78 is 6.21. The van der Waals surface area contributed by atoms with Crippen LogP contribution >= 0.6 is 15.9 Å². The highest BCUT2D eigenvalue weighted by atomic mass is 79.9. The molecule has 22 heavy (non-hydrogen) atoms. The highest BCUT2D eigenvalue weighted by Crippen LogP contribution is 2.23. The molecule has 0 aromatic heterocycles. The number of hydrogen-bond donors (Lipinski definition) is 1. The van der Waals surface area contributed by atoms with Crippen molar-refractivity contribution in [3.63, 3.8) is 0 Å². The van der Waals surface area contributed by atoms with E-state index in [1.807, 2.05) is 48.5 Å². The zero-order valence-corrected chi connectivity index (χ0v) is 14.0. The minimum Gasteiger partial charge on any atom is -0.496 e. The predicted octanol–water partition coefficient (Wildman–Crippen LogP) is 3.83. The fraction of sp³-hybridized carbons (Fsp3) is 0.167. The van der Waals surface area contributed by atoms with Crippen molar-refractivity contribution in [3.05, 3.63) is 70.2 Å². The van der Waals surface area contributed by atoms with Crippen LogP contribution in [-0.2, 0) is 11.2 Å². The summed E-state index contributed by atoms with van der Waals surface area (Å²) in [6, 6.07) is 15.7. The van der Waals surface area contributed by atoms with Gasteiger partial charge in [-0.2, -0.15) is 0 Å². The van der Waals surface area contributed by atoms with Crippen molar-refractivity contribution in [2.24, 2.45) is 0 Å². The molecule has 0 spiro atoms. The van der Waals surface area contributed by atoms with Crippen LogP contribution in [0.5, 0.6) is 5.75 Å². The molecule has 2 aromatic carbocycles. The Morgan fingerprint density at radius 1 is 1.23 bits per heavy atom. The monoisotopic (exact) mass is 359 g/mol. The van der Waals surface area contributed by atoms with Gasteiger partial charge in [-0.1, -0.05) is 46.3 Å². The quantitative estimate of drug-likeness (QED) is 0.796. The second-order valence-corrected chi connectivity index (χ2v) is 5.66. The Morgan fingerprint density at radius 2 is 2.00 bits per heavy atom. The van der Waals surface area contributed by atoms with E-state index in [2.05, 4.69) is 21.2 Å². The Kier molecular flexibility index (Phi) is 6.22. The van der Waals surface area contributed by atoms with Gasteiger partial charge in [-0.3, -0.25) is 4.79 Å². The van der Waals surface area contributed by atoms with Crippen LogP contribution in [0.1, 0.15) is 11.1 Å². The van der Waals surface area contributed by atoms with Crippen molar-refractivity contribution in [3.8, 4) is 5.75 Å². The third kappa shape index (κ3) is 5.04. The number of hydrogen-bond acceptors (Lipinski definition) is 2. The first-order valence-electron chi connectivity index (χ1n) is 7.02. The van der Waals surface area contributed by atoms with Gasteiger partial charge in [0.1, 0.15) is 5.75 Å². The summed E-state index contributed by atoms with van der Waals surface area (Å²) in [4.78, 5) is 11.8. The number of methoxy groups -OCH3 is 1. The van der Waals surface area contributed by atoms with Gasteiger partial charge in [0.05, 0.1) is 7.11 Å². The van der Waals surface area contributed by atoms with Crippen LogP contribution in [-0.4, -0.2) is 19.6 Å². The standard InChI is InChI=1S/C18H18BrNO2/c1-22-17-9-8-16(19)13-15(17)7-10-18(21)20-12-11-14-5-3-2-4-6-14/h2-10,13H,11-12H2,1H3,(H,20,21)/b10-7+. The molecule has 0 aliphatic rings. The van der Waals surface area contributed by atoms with Gasteiger partial charge >= 0.3 is 0 Å². The zero-order chi connectivity index (χ0) is 15.8. The van der Waals surface area contributed by atoms with E-state index in [1.54, 1.807) is 13.2 Å². The molecule has 0 bridgehead atoms. The van der Waals surface area contributed by atoms with E-state index in [4.69, 9.17) is 4.74 Å². The first-order chi connectivity index (χ1) is 10.7. The fourth-order valence-electron chi connectivity index (χ4n) is 2.03. The highest BCUT2D eigenvalue weighted by molar-refractivity contribution is 9.10. The normalized spacial score (nSPS) is 10.6. The number of rotatable bonds is 6. The molecule has 114 valence electrons. The van der Waals surface area contributed by atoms with E-state index in [0.717, 1.165) is 22.2 Å². The molecule has 0 atom stereocenters. The lowest BCUT2D eigenvalue weighted by Gasteiger charge is -2.05. The first kappa shape index (κ1) is 16.3. The molecule has 2 rings (SSSR count). The van der Waals surface area contributed by atoms with E-state index in [1.165, 1.54) is 11.6 Å². The third-order valence-corrected chi connectivity index (χ3v) is 3.65. The molecule has 1 N–H and O–H groups in total. The molecule has 0 fully saturated rings. The van der Waals surface area contributed by atoms with Crippen LogP contribution in [0.4, 0.5) is 0 Å². The van der Waals surface area contributed by atoms with E-state index in [9.17, 15) is 4.79 Å². The van der Waals surface area contributed by atoms with Gasteiger partial charge in [0.15, 0.2) is 0 Å². The summed E-state index contributed by atoms with van der Waals surface area (Å²) in [5.74, 6) is 0.620. The minimum absolute atomic E-state index is 0.113. The van der Waals surface area contributed by atoms with Gasteiger partial charge in [-0.05, 0) is 36.3 Å². The zero-order valence-electron chi connectivity index (χ0n) is 12.4. The van der Waals surface area contributed by atoms with Gasteiger partial charge in [0, 0.05) is 22.7 Å². The summed E-state index contributed by atoms with van der Waals surface area (Å²) in [7, 11) is 1.61. The van der Waals surface area contributed by atoms with Crippen LogP contribution < -0.4 is 10.1 Å². The average Bonchev–Trinajstić information content (AvgIpc) is 2.54. The minimum atomic E-state index is -0.113. The summed E-state index contributed by atoms with van der Waals surface area (Å²) in [5.41, 5.74) is 2.07. The van der Waals surface area contributed by atoms with Gasteiger partial charge in [0.25, 0.3) is 0 Å². The Balaban J connectivity index is 1.87. The summed E-state index contributed by atoms with van der Waals surface area (Å²) >= 11 is 3.41. The Morgan fingerprint density at radius 3 is 2.73 bits per heavy atom. The van der Waals surface area contributed by atoms with E-state index in [-0.39, 0.29) is 5.91 Å². The topological polar surface area (TPSA) is 38.3 Å². The number of carbonyl (C=O) groups excluding carboxylic acids is 1. The first-order valence-corrected chi connectivity index (χ1v) is 7.81. The molecule has 0 aliphatic carbocycles. The molecular weight excluding hydrogens is 342 g/mol. The Labute approximate surface area is 139 Å². The van der Waals surface area contributed by atoms with Gasteiger partial charge in [-0.25, -0.2) is 0 Å². The number of nitrogens with one attached hydrogen (secondary N) is 1. The van der Waals surface area contributed by atoms with Crippen molar-refractivity contribution in [2.45, 2.75) is 6.42 Å². The van der Waals surface area contributed by atoms with Crippen LogP contribution in [0.2, 0.25) is 0 Å². The predicted molar refractivity (Wildman–Crippen MR) is 92.9 cm³/mol. The highest BCUT2D eigenvalue weighted by Gasteiger charge is 2.01. The van der Waals surface area contributed by atoms with E-state index >= 15 is 0 Å². The largest absolute Gasteiger partial charge is 0.496 e. The fourth-order valence-corrected chi connectivity index (χ4v) is 2.41. The van der Waals surface area contributed by atoms with Gasteiger partial charge in [0.2, 0.25) is 5.91 Å². The second kappa shape index (κ2) is 8.39.